The minimum Gasteiger partial charge on any atom is -0.345 e. The van der Waals surface area contributed by atoms with Gasteiger partial charge in [-0.2, -0.15) is 0 Å². The second-order valence-electron chi connectivity index (χ2n) is 8.89. The third-order valence-corrected chi connectivity index (χ3v) is 6.05. The first-order valence-electron chi connectivity index (χ1n) is 12.8. The van der Waals surface area contributed by atoms with Crippen LogP contribution in [0.1, 0.15) is 97.8 Å². The highest BCUT2D eigenvalue weighted by molar-refractivity contribution is 5.92. The molecule has 7 heteroatoms. The van der Waals surface area contributed by atoms with E-state index in [2.05, 4.69) is 28.2 Å². The van der Waals surface area contributed by atoms with E-state index in [-0.39, 0.29) is 23.5 Å². The summed E-state index contributed by atoms with van der Waals surface area (Å²) >= 11 is 0. The number of nitrogens with one attached hydrogen (secondary N) is 4. The number of Topliss-reactive ketones (excluding diaryl/α,β-unsaturated/α-hetero) is 1. The van der Waals surface area contributed by atoms with Crippen LogP contribution in [0.25, 0.3) is 0 Å². The average molecular weight is 455 g/mol. The van der Waals surface area contributed by atoms with Crippen LogP contribution in [-0.2, 0) is 14.4 Å². The molecule has 0 saturated carbocycles. The van der Waals surface area contributed by atoms with Gasteiger partial charge in [-0.25, -0.2) is 0 Å². The summed E-state index contributed by atoms with van der Waals surface area (Å²) in [6.45, 7) is 7.52. The van der Waals surface area contributed by atoms with Crippen LogP contribution in [0.3, 0.4) is 0 Å². The second-order valence-corrected chi connectivity index (χ2v) is 8.89. The van der Waals surface area contributed by atoms with Gasteiger partial charge in [-0.3, -0.25) is 14.4 Å². The molecule has 3 unspecified atom stereocenters. The van der Waals surface area contributed by atoms with Crippen molar-refractivity contribution < 1.29 is 14.4 Å². The fourth-order valence-electron chi connectivity index (χ4n) is 3.85. The molecule has 0 aliphatic rings. The molecular weight excluding hydrogens is 404 g/mol. The number of hydrogen-bond donors (Lipinski definition) is 4. The van der Waals surface area contributed by atoms with Crippen molar-refractivity contribution in [1.29, 1.82) is 0 Å². The Morgan fingerprint density at radius 3 is 1.72 bits per heavy atom. The molecule has 0 radical (unpaired) electrons. The van der Waals surface area contributed by atoms with E-state index < -0.39 is 12.1 Å². The van der Waals surface area contributed by atoms with Crippen LogP contribution in [0.15, 0.2) is 0 Å². The molecule has 0 aromatic carbocycles. The summed E-state index contributed by atoms with van der Waals surface area (Å²) in [6.07, 6.45) is 10.8. The van der Waals surface area contributed by atoms with Crippen LogP contribution in [0.5, 0.6) is 0 Å². The standard InChI is InChI=1S/C25H50N4O3/c1-6-8-9-10-16-22(20(3)30)28-25(32)23(17-12-14-19-27-5)29-24(31)21(7-2)15-11-13-18-26-4/h21-23,26-27H,6-19H2,1-5H3,(H,28,32)(H,29,31). The van der Waals surface area contributed by atoms with Crippen molar-refractivity contribution in [2.45, 2.75) is 110 Å². The van der Waals surface area contributed by atoms with Crippen molar-refractivity contribution in [1.82, 2.24) is 21.3 Å². The fraction of sp³-hybridized carbons (Fsp3) is 0.880. The van der Waals surface area contributed by atoms with E-state index in [0.29, 0.717) is 12.8 Å². The fourth-order valence-corrected chi connectivity index (χ4v) is 3.85. The van der Waals surface area contributed by atoms with Gasteiger partial charge in [-0.05, 0) is 79.1 Å². The van der Waals surface area contributed by atoms with Crippen molar-refractivity contribution in [2.24, 2.45) is 5.92 Å². The molecule has 0 spiro atoms. The normalized spacial score (nSPS) is 13.9. The molecule has 0 aromatic rings. The zero-order chi connectivity index (χ0) is 24.2. The van der Waals surface area contributed by atoms with Gasteiger partial charge in [-0.15, -0.1) is 0 Å². The molecule has 0 fully saturated rings. The highest BCUT2D eigenvalue weighted by atomic mass is 16.2. The maximum absolute atomic E-state index is 13.1. The van der Waals surface area contributed by atoms with E-state index in [9.17, 15) is 14.4 Å². The van der Waals surface area contributed by atoms with Crippen molar-refractivity contribution in [2.75, 3.05) is 27.2 Å². The molecule has 188 valence electrons. The Balaban J connectivity index is 5.00. The minimum absolute atomic E-state index is 0.0222. The van der Waals surface area contributed by atoms with E-state index >= 15 is 0 Å². The molecule has 3 atom stereocenters. The largest absolute Gasteiger partial charge is 0.345 e. The number of amides is 2. The monoisotopic (exact) mass is 454 g/mol. The first-order chi connectivity index (χ1) is 15.4. The Morgan fingerprint density at radius 2 is 1.19 bits per heavy atom. The van der Waals surface area contributed by atoms with E-state index in [4.69, 9.17) is 0 Å². The van der Waals surface area contributed by atoms with Crippen LogP contribution in [0.2, 0.25) is 0 Å². The summed E-state index contributed by atoms with van der Waals surface area (Å²) in [5, 5.41) is 12.2. The topological polar surface area (TPSA) is 99.3 Å². The van der Waals surface area contributed by atoms with Gasteiger partial charge in [0.25, 0.3) is 0 Å². The Kier molecular flexibility index (Phi) is 19.2. The van der Waals surface area contributed by atoms with Crippen LogP contribution >= 0.6 is 0 Å². The summed E-state index contributed by atoms with van der Waals surface area (Å²) in [7, 11) is 3.83. The van der Waals surface area contributed by atoms with Gasteiger partial charge < -0.3 is 21.3 Å². The molecule has 0 saturated heterocycles. The third kappa shape index (κ3) is 14.6. The molecule has 0 aromatic heterocycles. The maximum atomic E-state index is 13.1. The van der Waals surface area contributed by atoms with Crippen LogP contribution < -0.4 is 21.3 Å². The van der Waals surface area contributed by atoms with E-state index in [1.165, 1.54) is 6.92 Å². The van der Waals surface area contributed by atoms with Gasteiger partial charge in [0.2, 0.25) is 11.8 Å². The highest BCUT2D eigenvalue weighted by Crippen LogP contribution is 2.14. The van der Waals surface area contributed by atoms with Crippen molar-refractivity contribution in [3.8, 4) is 0 Å². The summed E-state index contributed by atoms with van der Waals surface area (Å²) in [6, 6.07) is -1.07. The number of carbonyl (C=O) groups excluding carboxylic acids is 3. The first-order valence-corrected chi connectivity index (χ1v) is 12.8. The maximum Gasteiger partial charge on any atom is 0.243 e. The molecule has 0 heterocycles. The summed E-state index contributed by atoms with van der Waals surface area (Å²) < 4.78 is 0. The smallest absolute Gasteiger partial charge is 0.243 e. The minimum atomic E-state index is -0.594. The molecule has 0 aliphatic carbocycles. The van der Waals surface area contributed by atoms with E-state index in [1.54, 1.807) is 0 Å². The van der Waals surface area contributed by atoms with Crippen molar-refractivity contribution in [3.05, 3.63) is 0 Å². The predicted molar refractivity (Wildman–Crippen MR) is 133 cm³/mol. The van der Waals surface area contributed by atoms with Gasteiger partial charge in [0, 0.05) is 5.92 Å². The Morgan fingerprint density at radius 1 is 0.656 bits per heavy atom. The van der Waals surface area contributed by atoms with Crippen molar-refractivity contribution >= 4 is 17.6 Å². The van der Waals surface area contributed by atoms with E-state index in [0.717, 1.165) is 77.3 Å². The summed E-state index contributed by atoms with van der Waals surface area (Å²) in [4.78, 5) is 38.1. The number of rotatable bonds is 21. The van der Waals surface area contributed by atoms with Gasteiger partial charge in [0.05, 0.1) is 6.04 Å². The lowest BCUT2D eigenvalue weighted by atomic mass is 9.97. The van der Waals surface area contributed by atoms with Crippen LogP contribution in [0, 0.1) is 5.92 Å². The summed E-state index contributed by atoms with van der Waals surface area (Å²) in [5.41, 5.74) is 0. The third-order valence-electron chi connectivity index (χ3n) is 6.05. The average Bonchev–Trinajstić information content (AvgIpc) is 2.77. The second kappa shape index (κ2) is 20.2. The van der Waals surface area contributed by atoms with Gasteiger partial charge in [0.1, 0.15) is 6.04 Å². The van der Waals surface area contributed by atoms with Gasteiger partial charge in [0.15, 0.2) is 5.78 Å². The number of carbonyl (C=O) groups is 3. The molecule has 32 heavy (non-hydrogen) atoms. The number of unbranched alkanes of at least 4 members (excludes halogenated alkanes) is 5. The Labute approximate surface area is 196 Å². The van der Waals surface area contributed by atoms with Gasteiger partial charge >= 0.3 is 0 Å². The molecular formula is C25H50N4O3. The number of ketones is 1. The zero-order valence-electron chi connectivity index (χ0n) is 21.4. The molecule has 0 bridgehead atoms. The Bertz CT molecular complexity index is 513. The first kappa shape index (κ1) is 30.5. The molecule has 7 nitrogen and oxygen atoms in total. The van der Waals surface area contributed by atoms with E-state index in [1.807, 2.05) is 21.0 Å². The predicted octanol–water partition coefficient (Wildman–Crippen LogP) is 3.32. The summed E-state index contributed by atoms with van der Waals surface area (Å²) in [5.74, 6) is -0.389. The molecule has 0 rings (SSSR count). The molecule has 4 N–H and O–H groups in total. The highest BCUT2D eigenvalue weighted by Gasteiger charge is 2.27. The SMILES string of the molecule is CCCCCCC(NC(=O)C(CCCCNC)NC(=O)C(CC)CCCCNC)C(C)=O. The molecule has 2 amide bonds. The zero-order valence-corrected chi connectivity index (χ0v) is 21.4. The van der Waals surface area contributed by atoms with Crippen molar-refractivity contribution in [3.63, 3.8) is 0 Å². The quantitative estimate of drug-likeness (QED) is 0.199. The molecule has 0 aliphatic heterocycles. The Hall–Kier alpha value is -1.47. The lowest BCUT2D eigenvalue weighted by Gasteiger charge is -2.24. The lowest BCUT2D eigenvalue weighted by Crippen LogP contribution is -2.52. The number of hydrogen-bond acceptors (Lipinski definition) is 5. The van der Waals surface area contributed by atoms with Gasteiger partial charge in [-0.1, -0.05) is 46.0 Å². The van der Waals surface area contributed by atoms with Crippen LogP contribution in [-0.4, -0.2) is 56.9 Å². The lowest BCUT2D eigenvalue weighted by molar-refractivity contribution is -0.133. The van der Waals surface area contributed by atoms with Crippen LogP contribution in [0.4, 0.5) is 0 Å².